The lowest BCUT2D eigenvalue weighted by Crippen LogP contribution is -2.17. The number of benzene rings is 1. The summed E-state index contributed by atoms with van der Waals surface area (Å²) in [6, 6.07) is 5.63. The van der Waals surface area contributed by atoms with Gasteiger partial charge in [0, 0.05) is 0 Å². The summed E-state index contributed by atoms with van der Waals surface area (Å²) in [6.07, 6.45) is 2.49. The number of halogens is 1. The van der Waals surface area contributed by atoms with Crippen LogP contribution in [-0.4, -0.2) is 18.0 Å². The topological polar surface area (TPSA) is 52.6 Å². The van der Waals surface area contributed by atoms with Gasteiger partial charge in [-0.1, -0.05) is 31.9 Å². The lowest BCUT2D eigenvalue weighted by Gasteiger charge is -2.12. The molecule has 4 nitrogen and oxygen atoms in total. The Labute approximate surface area is 124 Å². The Balaban J connectivity index is 2.29. The maximum absolute atomic E-state index is 13.3. The molecule has 0 bridgehead atoms. The molecule has 0 saturated carbocycles. The molecule has 0 aliphatic rings. The van der Waals surface area contributed by atoms with Crippen LogP contribution in [0.1, 0.15) is 46.0 Å². The summed E-state index contributed by atoms with van der Waals surface area (Å²) in [5.41, 5.74) is 0. The Morgan fingerprint density at radius 3 is 2.52 bits per heavy atom. The molecule has 21 heavy (non-hydrogen) atoms. The maximum atomic E-state index is 13.3. The predicted octanol–water partition coefficient (Wildman–Crippen LogP) is 3.63. The number of hydrogen-bond donors (Lipinski definition) is 0. The molecule has 5 heteroatoms. The van der Waals surface area contributed by atoms with Gasteiger partial charge in [0.05, 0.1) is 18.9 Å². The second-order valence-corrected chi connectivity index (χ2v) is 4.85. The van der Waals surface area contributed by atoms with E-state index in [0.717, 1.165) is 19.3 Å². The summed E-state index contributed by atoms with van der Waals surface area (Å²) < 4.78 is 23.3. The van der Waals surface area contributed by atoms with Gasteiger partial charge in [-0.2, -0.15) is 0 Å². The lowest BCUT2D eigenvalue weighted by atomic mass is 10.2. The zero-order valence-corrected chi connectivity index (χ0v) is 12.4. The van der Waals surface area contributed by atoms with Crippen LogP contribution in [0.15, 0.2) is 24.3 Å². The van der Waals surface area contributed by atoms with E-state index in [1.54, 1.807) is 6.07 Å². The van der Waals surface area contributed by atoms with Crippen LogP contribution in [0.25, 0.3) is 0 Å². The van der Waals surface area contributed by atoms with E-state index in [1.165, 1.54) is 18.2 Å². The van der Waals surface area contributed by atoms with E-state index < -0.39 is 17.8 Å². The highest BCUT2D eigenvalue weighted by molar-refractivity contribution is 5.79. The molecule has 0 aliphatic heterocycles. The zero-order chi connectivity index (χ0) is 15.7. The van der Waals surface area contributed by atoms with Crippen molar-refractivity contribution in [2.24, 2.45) is 0 Å². The van der Waals surface area contributed by atoms with E-state index in [-0.39, 0.29) is 24.7 Å². The molecule has 0 heterocycles. The molecular weight excluding hydrogens is 275 g/mol. The van der Waals surface area contributed by atoms with Gasteiger partial charge in [-0.25, -0.2) is 4.39 Å². The number of rotatable bonds is 8. The molecule has 1 aromatic rings. The lowest BCUT2D eigenvalue weighted by molar-refractivity contribution is -0.151. The Bertz CT molecular complexity index is 473. The van der Waals surface area contributed by atoms with Crippen LogP contribution < -0.4 is 4.74 Å². The quantitative estimate of drug-likeness (QED) is 0.543. The molecule has 0 amide bonds. The molecule has 0 aromatic heterocycles. The third-order valence-electron chi connectivity index (χ3n) is 2.89. The van der Waals surface area contributed by atoms with Gasteiger partial charge in [0.25, 0.3) is 0 Å². The van der Waals surface area contributed by atoms with E-state index >= 15 is 0 Å². The van der Waals surface area contributed by atoms with Crippen molar-refractivity contribution in [2.45, 2.75) is 52.1 Å². The second kappa shape index (κ2) is 9.10. The number of carbonyl (C=O) groups excluding carboxylic acids is 2. The van der Waals surface area contributed by atoms with Crippen LogP contribution in [0.3, 0.4) is 0 Å². The van der Waals surface area contributed by atoms with Gasteiger partial charge < -0.3 is 9.47 Å². The van der Waals surface area contributed by atoms with Crippen LogP contribution >= 0.6 is 0 Å². The Kier molecular flexibility index (Phi) is 7.43. The molecule has 1 unspecified atom stereocenters. The summed E-state index contributed by atoms with van der Waals surface area (Å²) in [7, 11) is 0. The van der Waals surface area contributed by atoms with Gasteiger partial charge in [-0.15, -0.1) is 0 Å². The minimum Gasteiger partial charge on any atom is -0.463 e. The number of hydrogen-bond acceptors (Lipinski definition) is 4. The van der Waals surface area contributed by atoms with E-state index in [4.69, 9.17) is 9.47 Å². The standard InChI is InChI=1S/C16H21FO4/c1-3-4-7-12(2)20-15(18)10-11-16(19)21-14-9-6-5-8-13(14)17/h5-6,8-9,12H,3-4,7,10-11H2,1-2H3. The Morgan fingerprint density at radius 2 is 1.86 bits per heavy atom. The van der Waals surface area contributed by atoms with Gasteiger partial charge in [0.2, 0.25) is 0 Å². The van der Waals surface area contributed by atoms with Crippen molar-refractivity contribution in [3.8, 4) is 5.75 Å². The Hall–Kier alpha value is -1.91. The monoisotopic (exact) mass is 296 g/mol. The van der Waals surface area contributed by atoms with Crippen molar-refractivity contribution in [3.05, 3.63) is 30.1 Å². The van der Waals surface area contributed by atoms with E-state index in [9.17, 15) is 14.0 Å². The average Bonchev–Trinajstić information content (AvgIpc) is 2.45. The number of para-hydroxylation sites is 1. The molecule has 0 saturated heterocycles. The first-order valence-electron chi connectivity index (χ1n) is 7.17. The minimum absolute atomic E-state index is 0.0657. The summed E-state index contributed by atoms with van der Waals surface area (Å²) in [5.74, 6) is -1.84. The van der Waals surface area contributed by atoms with Crippen molar-refractivity contribution >= 4 is 11.9 Å². The largest absolute Gasteiger partial charge is 0.463 e. The molecular formula is C16H21FO4. The third kappa shape index (κ3) is 6.88. The van der Waals surface area contributed by atoms with Gasteiger partial charge >= 0.3 is 11.9 Å². The second-order valence-electron chi connectivity index (χ2n) is 4.85. The fourth-order valence-electron chi connectivity index (χ4n) is 1.74. The number of carbonyl (C=O) groups is 2. The third-order valence-corrected chi connectivity index (χ3v) is 2.89. The highest BCUT2D eigenvalue weighted by atomic mass is 19.1. The first-order valence-corrected chi connectivity index (χ1v) is 7.17. The molecule has 1 atom stereocenters. The smallest absolute Gasteiger partial charge is 0.311 e. The van der Waals surface area contributed by atoms with E-state index in [1.807, 2.05) is 6.92 Å². The molecule has 0 N–H and O–H groups in total. The van der Waals surface area contributed by atoms with E-state index in [0.29, 0.717) is 0 Å². The van der Waals surface area contributed by atoms with Gasteiger partial charge in [0.15, 0.2) is 11.6 Å². The first-order chi connectivity index (χ1) is 10.0. The predicted molar refractivity (Wildman–Crippen MR) is 76.3 cm³/mol. The fraction of sp³-hybridized carbons (Fsp3) is 0.500. The van der Waals surface area contributed by atoms with E-state index in [2.05, 4.69) is 6.92 Å². The van der Waals surface area contributed by atoms with Gasteiger partial charge in [-0.3, -0.25) is 9.59 Å². The van der Waals surface area contributed by atoms with Crippen LogP contribution in [0, 0.1) is 5.82 Å². The molecule has 1 rings (SSSR count). The average molecular weight is 296 g/mol. The van der Waals surface area contributed by atoms with Crippen molar-refractivity contribution in [2.75, 3.05) is 0 Å². The summed E-state index contributed by atoms with van der Waals surface area (Å²) in [5, 5.41) is 0. The maximum Gasteiger partial charge on any atom is 0.311 e. The molecule has 1 aromatic carbocycles. The van der Waals surface area contributed by atoms with Crippen LogP contribution in [0.2, 0.25) is 0 Å². The summed E-state index contributed by atoms with van der Waals surface area (Å²) >= 11 is 0. The number of esters is 2. The van der Waals surface area contributed by atoms with Crippen molar-refractivity contribution in [1.82, 2.24) is 0 Å². The number of ether oxygens (including phenoxy) is 2. The minimum atomic E-state index is -0.654. The SMILES string of the molecule is CCCCC(C)OC(=O)CCC(=O)Oc1ccccc1F. The fourth-order valence-corrected chi connectivity index (χ4v) is 1.74. The molecule has 0 spiro atoms. The Morgan fingerprint density at radius 1 is 1.19 bits per heavy atom. The molecule has 116 valence electrons. The number of unbranched alkanes of at least 4 members (excludes halogenated alkanes) is 1. The van der Waals surface area contributed by atoms with Gasteiger partial charge in [0.1, 0.15) is 0 Å². The molecule has 0 fully saturated rings. The zero-order valence-electron chi connectivity index (χ0n) is 12.4. The highest BCUT2D eigenvalue weighted by Gasteiger charge is 2.14. The summed E-state index contributed by atoms with van der Waals surface area (Å²) in [6.45, 7) is 3.89. The van der Waals surface area contributed by atoms with Crippen LogP contribution in [0.5, 0.6) is 5.75 Å². The van der Waals surface area contributed by atoms with Crippen molar-refractivity contribution < 1.29 is 23.5 Å². The van der Waals surface area contributed by atoms with Crippen molar-refractivity contribution in [3.63, 3.8) is 0 Å². The normalized spacial score (nSPS) is 11.8. The highest BCUT2D eigenvalue weighted by Crippen LogP contribution is 2.16. The summed E-state index contributed by atoms with van der Waals surface area (Å²) in [4.78, 5) is 23.1. The molecule has 0 aliphatic carbocycles. The van der Waals surface area contributed by atoms with Crippen LogP contribution in [-0.2, 0) is 14.3 Å². The molecule has 0 radical (unpaired) electrons. The first kappa shape index (κ1) is 17.1. The van der Waals surface area contributed by atoms with Crippen molar-refractivity contribution in [1.29, 1.82) is 0 Å². The van der Waals surface area contributed by atoms with Crippen LogP contribution in [0.4, 0.5) is 4.39 Å². The van der Waals surface area contributed by atoms with Gasteiger partial charge in [-0.05, 0) is 25.5 Å².